The van der Waals surface area contributed by atoms with E-state index >= 15 is 0 Å². The topological polar surface area (TPSA) is 12.0 Å². The van der Waals surface area contributed by atoms with Crippen molar-refractivity contribution in [1.29, 1.82) is 0 Å². The molecule has 0 aromatic heterocycles. The average molecular weight is 324 g/mol. The molecule has 1 atom stereocenters. The van der Waals surface area contributed by atoms with E-state index in [4.69, 9.17) is 11.6 Å². The van der Waals surface area contributed by atoms with Gasteiger partial charge in [-0.25, -0.2) is 4.39 Å². The van der Waals surface area contributed by atoms with E-state index in [1.165, 1.54) is 17.7 Å². The van der Waals surface area contributed by atoms with Gasteiger partial charge >= 0.3 is 0 Å². The molecule has 1 nitrogen and oxygen atoms in total. The average Bonchev–Trinajstić information content (AvgIpc) is 2.50. The van der Waals surface area contributed by atoms with Crippen molar-refractivity contribution in [2.24, 2.45) is 0 Å². The quantitative estimate of drug-likeness (QED) is 0.693. The lowest BCUT2D eigenvalue weighted by atomic mass is 10.1. The highest BCUT2D eigenvalue weighted by molar-refractivity contribution is 7.99. The van der Waals surface area contributed by atoms with Gasteiger partial charge in [-0.15, -0.1) is 11.8 Å². The Bertz CT molecular complexity index is 542. The zero-order chi connectivity index (χ0) is 15.1. The van der Waals surface area contributed by atoms with Gasteiger partial charge in [0, 0.05) is 21.7 Å². The first-order chi connectivity index (χ1) is 10.2. The van der Waals surface area contributed by atoms with E-state index in [0.717, 1.165) is 28.6 Å². The summed E-state index contributed by atoms with van der Waals surface area (Å²) in [7, 11) is 0. The van der Waals surface area contributed by atoms with Crippen LogP contribution in [0, 0.1) is 5.82 Å². The molecular weight excluding hydrogens is 305 g/mol. The second-order valence-electron chi connectivity index (χ2n) is 4.82. The van der Waals surface area contributed by atoms with Gasteiger partial charge < -0.3 is 5.32 Å². The fraction of sp³-hybridized carbons (Fsp3) is 0.294. The maximum absolute atomic E-state index is 12.9. The molecule has 0 saturated heterocycles. The van der Waals surface area contributed by atoms with Crippen LogP contribution in [-0.4, -0.2) is 12.3 Å². The standard InChI is InChI=1S/C17H19ClFNS/c1-2-11-20-17(13-3-5-14(18)6-4-13)12-21-16-9-7-15(19)8-10-16/h3-10,17,20H,2,11-12H2,1H3. The Morgan fingerprint density at radius 1 is 1.10 bits per heavy atom. The number of hydrogen-bond acceptors (Lipinski definition) is 2. The number of hydrogen-bond donors (Lipinski definition) is 1. The molecule has 4 heteroatoms. The van der Waals surface area contributed by atoms with Crippen LogP contribution in [0.4, 0.5) is 4.39 Å². The molecule has 112 valence electrons. The van der Waals surface area contributed by atoms with E-state index in [-0.39, 0.29) is 11.9 Å². The van der Waals surface area contributed by atoms with E-state index in [1.807, 2.05) is 24.3 Å². The van der Waals surface area contributed by atoms with E-state index in [1.54, 1.807) is 11.8 Å². The number of halogens is 2. The monoisotopic (exact) mass is 323 g/mol. The van der Waals surface area contributed by atoms with E-state index in [0.29, 0.717) is 0 Å². The molecule has 2 aromatic rings. The van der Waals surface area contributed by atoms with Crippen molar-refractivity contribution in [2.75, 3.05) is 12.3 Å². The zero-order valence-corrected chi connectivity index (χ0v) is 13.6. The number of nitrogens with one attached hydrogen (secondary N) is 1. The first kappa shape index (κ1) is 16.3. The molecule has 0 bridgehead atoms. The predicted octanol–water partition coefficient (Wildman–Crippen LogP) is 5.31. The highest BCUT2D eigenvalue weighted by Gasteiger charge is 2.11. The Morgan fingerprint density at radius 3 is 2.38 bits per heavy atom. The second kappa shape index (κ2) is 8.42. The van der Waals surface area contributed by atoms with Crippen LogP contribution >= 0.6 is 23.4 Å². The Morgan fingerprint density at radius 2 is 1.76 bits per heavy atom. The molecule has 0 amide bonds. The van der Waals surface area contributed by atoms with Gasteiger partial charge in [0.25, 0.3) is 0 Å². The molecule has 0 aliphatic rings. The summed E-state index contributed by atoms with van der Waals surface area (Å²) in [6.45, 7) is 3.12. The lowest BCUT2D eigenvalue weighted by Gasteiger charge is -2.19. The van der Waals surface area contributed by atoms with Crippen LogP contribution in [0.25, 0.3) is 0 Å². The minimum absolute atomic E-state index is 0.197. The minimum atomic E-state index is -0.197. The largest absolute Gasteiger partial charge is 0.309 e. The summed E-state index contributed by atoms with van der Waals surface area (Å²) in [4.78, 5) is 1.08. The third-order valence-corrected chi connectivity index (χ3v) is 4.50. The van der Waals surface area contributed by atoms with Gasteiger partial charge in [-0.1, -0.05) is 30.7 Å². The second-order valence-corrected chi connectivity index (χ2v) is 6.35. The third kappa shape index (κ3) is 5.34. The number of thioether (sulfide) groups is 1. The lowest BCUT2D eigenvalue weighted by molar-refractivity contribution is 0.577. The van der Waals surface area contributed by atoms with Crippen LogP contribution in [-0.2, 0) is 0 Å². The molecule has 1 N–H and O–H groups in total. The highest BCUT2D eigenvalue weighted by atomic mass is 35.5. The third-order valence-electron chi connectivity index (χ3n) is 3.14. The Labute approximate surface area is 134 Å². The molecule has 0 spiro atoms. The Balaban J connectivity index is 2.02. The van der Waals surface area contributed by atoms with Gasteiger partial charge in [-0.2, -0.15) is 0 Å². The van der Waals surface area contributed by atoms with Crippen molar-refractivity contribution in [3.63, 3.8) is 0 Å². The molecule has 0 aliphatic heterocycles. The molecule has 0 heterocycles. The van der Waals surface area contributed by atoms with E-state index in [9.17, 15) is 4.39 Å². The molecule has 1 unspecified atom stereocenters. The molecule has 21 heavy (non-hydrogen) atoms. The first-order valence-corrected chi connectivity index (χ1v) is 8.42. The normalized spacial score (nSPS) is 12.3. The zero-order valence-electron chi connectivity index (χ0n) is 12.0. The van der Waals surface area contributed by atoms with Gasteiger partial charge in [0.05, 0.1) is 0 Å². The highest BCUT2D eigenvalue weighted by Crippen LogP contribution is 2.25. The number of rotatable bonds is 7. The van der Waals surface area contributed by atoms with Crippen molar-refractivity contribution < 1.29 is 4.39 Å². The molecule has 2 rings (SSSR count). The molecular formula is C17H19ClFNS. The van der Waals surface area contributed by atoms with Gasteiger partial charge in [0.2, 0.25) is 0 Å². The van der Waals surface area contributed by atoms with Crippen LogP contribution in [0.2, 0.25) is 5.02 Å². The summed E-state index contributed by atoms with van der Waals surface area (Å²) in [6, 6.07) is 14.8. The van der Waals surface area contributed by atoms with Crippen molar-refractivity contribution in [3.8, 4) is 0 Å². The SMILES string of the molecule is CCCNC(CSc1ccc(F)cc1)c1ccc(Cl)cc1. The summed E-state index contributed by atoms with van der Waals surface area (Å²) in [6.07, 6.45) is 1.09. The predicted molar refractivity (Wildman–Crippen MR) is 89.6 cm³/mol. The molecule has 0 fully saturated rings. The van der Waals surface area contributed by atoms with Crippen molar-refractivity contribution in [2.45, 2.75) is 24.3 Å². The van der Waals surface area contributed by atoms with Gasteiger partial charge in [-0.05, 0) is 54.9 Å². The maximum atomic E-state index is 12.9. The van der Waals surface area contributed by atoms with Crippen molar-refractivity contribution in [1.82, 2.24) is 5.32 Å². The number of benzene rings is 2. The molecule has 0 saturated carbocycles. The maximum Gasteiger partial charge on any atom is 0.123 e. The van der Waals surface area contributed by atoms with Crippen LogP contribution in [0.15, 0.2) is 53.4 Å². The van der Waals surface area contributed by atoms with Gasteiger partial charge in [-0.3, -0.25) is 0 Å². The lowest BCUT2D eigenvalue weighted by Crippen LogP contribution is -2.24. The van der Waals surface area contributed by atoms with Gasteiger partial charge in [0.1, 0.15) is 5.82 Å². The fourth-order valence-corrected chi connectivity index (χ4v) is 3.12. The summed E-state index contributed by atoms with van der Waals surface area (Å²) < 4.78 is 12.9. The van der Waals surface area contributed by atoms with Crippen LogP contribution in [0.1, 0.15) is 24.9 Å². The minimum Gasteiger partial charge on any atom is -0.309 e. The van der Waals surface area contributed by atoms with Crippen LogP contribution in [0.3, 0.4) is 0 Å². The Hall–Kier alpha value is -1.03. The smallest absolute Gasteiger partial charge is 0.123 e. The van der Waals surface area contributed by atoms with E-state index < -0.39 is 0 Å². The Kier molecular flexibility index (Phi) is 6.55. The van der Waals surface area contributed by atoms with Crippen LogP contribution in [0.5, 0.6) is 0 Å². The molecule has 2 aromatic carbocycles. The fourth-order valence-electron chi connectivity index (χ4n) is 2.00. The van der Waals surface area contributed by atoms with E-state index in [2.05, 4.69) is 24.4 Å². The molecule has 0 aliphatic carbocycles. The van der Waals surface area contributed by atoms with Crippen LogP contribution < -0.4 is 5.32 Å². The summed E-state index contributed by atoms with van der Waals surface area (Å²) >= 11 is 7.67. The summed E-state index contributed by atoms with van der Waals surface area (Å²) in [5.41, 5.74) is 1.22. The van der Waals surface area contributed by atoms with Gasteiger partial charge in [0.15, 0.2) is 0 Å². The van der Waals surface area contributed by atoms with Crippen molar-refractivity contribution in [3.05, 3.63) is 64.9 Å². The first-order valence-electron chi connectivity index (χ1n) is 7.06. The van der Waals surface area contributed by atoms with Crippen molar-refractivity contribution >= 4 is 23.4 Å². The summed E-state index contributed by atoms with van der Waals surface area (Å²) in [5.74, 6) is 0.700. The summed E-state index contributed by atoms with van der Waals surface area (Å²) in [5, 5.41) is 4.30. The molecule has 0 radical (unpaired) electrons.